The van der Waals surface area contributed by atoms with Gasteiger partial charge in [0, 0.05) is 35.7 Å². The number of anilines is 2. The lowest BCUT2D eigenvalue weighted by molar-refractivity contribution is -0.114. The molecule has 0 unspecified atom stereocenters. The first-order valence-corrected chi connectivity index (χ1v) is 11.5. The predicted octanol–water partition coefficient (Wildman–Crippen LogP) is 4.09. The molecule has 1 aliphatic heterocycles. The van der Waals surface area contributed by atoms with Crippen LogP contribution in [0.3, 0.4) is 0 Å². The summed E-state index contributed by atoms with van der Waals surface area (Å²) in [5, 5.41) is 5.00. The van der Waals surface area contributed by atoms with Gasteiger partial charge in [-0.25, -0.2) is 0 Å². The number of hydrogen-bond acceptors (Lipinski definition) is 7. The van der Waals surface area contributed by atoms with Crippen LogP contribution >= 0.6 is 0 Å². The van der Waals surface area contributed by atoms with E-state index in [-0.39, 0.29) is 17.9 Å². The van der Waals surface area contributed by atoms with Gasteiger partial charge in [0.05, 0.1) is 36.2 Å². The first kappa shape index (κ1) is 21.4. The molecule has 0 atom stereocenters. The van der Waals surface area contributed by atoms with Gasteiger partial charge in [-0.15, -0.1) is 0 Å². The van der Waals surface area contributed by atoms with Crippen molar-refractivity contribution in [3.63, 3.8) is 0 Å². The van der Waals surface area contributed by atoms with Crippen LogP contribution in [0.4, 0.5) is 11.6 Å². The van der Waals surface area contributed by atoms with Crippen LogP contribution in [0.5, 0.6) is 0 Å². The van der Waals surface area contributed by atoms with Crippen LogP contribution in [0, 0.1) is 0 Å². The molecule has 1 amide bonds. The molecule has 35 heavy (non-hydrogen) atoms. The van der Waals surface area contributed by atoms with E-state index in [0.29, 0.717) is 60.0 Å². The van der Waals surface area contributed by atoms with Crippen molar-refractivity contribution < 1.29 is 18.4 Å². The zero-order valence-electron chi connectivity index (χ0n) is 18.9. The number of morpholine rings is 1. The maximum Gasteiger partial charge on any atom is 0.238 e. The van der Waals surface area contributed by atoms with Gasteiger partial charge in [0.25, 0.3) is 0 Å². The average Bonchev–Trinajstić information content (AvgIpc) is 3.29. The number of para-hydroxylation sites is 2. The summed E-state index contributed by atoms with van der Waals surface area (Å²) in [6.07, 6.45) is 0. The third kappa shape index (κ3) is 3.63. The Balaban J connectivity index is 1.61. The molecular weight excluding hydrogens is 446 g/mol. The van der Waals surface area contributed by atoms with Gasteiger partial charge < -0.3 is 29.5 Å². The average molecular weight is 469 g/mol. The topological polar surface area (TPSA) is 111 Å². The summed E-state index contributed by atoms with van der Waals surface area (Å²) in [6, 6.07) is 18.4. The summed E-state index contributed by atoms with van der Waals surface area (Å²) in [5.74, 6) is 0.224. The molecule has 3 aromatic carbocycles. The van der Waals surface area contributed by atoms with Crippen molar-refractivity contribution in [2.45, 2.75) is 0 Å². The summed E-state index contributed by atoms with van der Waals surface area (Å²) in [4.78, 5) is 27.2. The Hall–Kier alpha value is -4.14. The number of nitrogens with zero attached hydrogens (tertiary/aromatic N) is 1. The molecule has 8 nitrogen and oxygen atoms in total. The van der Waals surface area contributed by atoms with Crippen LogP contribution in [0.25, 0.3) is 44.0 Å². The molecule has 8 heteroatoms. The van der Waals surface area contributed by atoms with Crippen molar-refractivity contribution in [1.82, 2.24) is 0 Å². The highest BCUT2D eigenvalue weighted by molar-refractivity contribution is 6.18. The lowest BCUT2D eigenvalue weighted by Gasteiger charge is -2.27. The van der Waals surface area contributed by atoms with Crippen LogP contribution in [0.2, 0.25) is 0 Å². The van der Waals surface area contributed by atoms with E-state index in [4.69, 9.17) is 19.3 Å². The van der Waals surface area contributed by atoms with Crippen LogP contribution in [-0.2, 0) is 9.53 Å². The van der Waals surface area contributed by atoms with Crippen LogP contribution in [0.15, 0.2) is 74.3 Å². The van der Waals surface area contributed by atoms with E-state index in [2.05, 4.69) is 5.32 Å². The number of fused-ring (bicyclic) bond motifs is 4. The van der Waals surface area contributed by atoms with Gasteiger partial charge in [-0.1, -0.05) is 30.3 Å². The van der Waals surface area contributed by atoms with E-state index in [9.17, 15) is 9.59 Å². The molecule has 0 spiro atoms. The smallest absolute Gasteiger partial charge is 0.238 e. The molecule has 0 radical (unpaired) electrons. The molecule has 1 fully saturated rings. The van der Waals surface area contributed by atoms with Crippen molar-refractivity contribution in [3.8, 4) is 11.1 Å². The fourth-order valence-electron chi connectivity index (χ4n) is 4.66. The SMILES string of the molecule is NCC(=O)Nc1ccc(-c2cccc3c(=O)cc(N4CCOCC4)oc23)c2oc3ccccc3c12. The standard InChI is InChI=1S/C27H23N3O5/c28-15-23(32)29-20-9-8-17(27-25(20)19-4-1-2-7-22(19)34-27)16-5-3-6-18-21(31)14-24(35-26(16)18)30-10-12-33-13-11-30/h1-9,14H,10-13,15,28H2,(H,29,32). The van der Waals surface area contributed by atoms with Gasteiger partial charge in [0.2, 0.25) is 5.91 Å². The fraction of sp³-hybridized carbons (Fsp3) is 0.185. The first-order valence-electron chi connectivity index (χ1n) is 11.5. The summed E-state index contributed by atoms with van der Waals surface area (Å²) in [5.41, 5.74) is 9.30. The van der Waals surface area contributed by atoms with Gasteiger partial charge in [0.1, 0.15) is 16.7 Å². The monoisotopic (exact) mass is 469 g/mol. The molecule has 2 aromatic heterocycles. The second-order valence-electron chi connectivity index (χ2n) is 8.45. The summed E-state index contributed by atoms with van der Waals surface area (Å²) in [6.45, 7) is 2.34. The van der Waals surface area contributed by atoms with Gasteiger partial charge in [-0.05, 0) is 24.3 Å². The Bertz CT molecular complexity index is 1650. The Morgan fingerprint density at radius 3 is 2.51 bits per heavy atom. The summed E-state index contributed by atoms with van der Waals surface area (Å²) < 4.78 is 18.1. The minimum atomic E-state index is -0.296. The molecule has 176 valence electrons. The lowest BCUT2D eigenvalue weighted by atomic mass is 9.99. The molecule has 0 aliphatic carbocycles. The quantitative estimate of drug-likeness (QED) is 0.408. The number of hydrogen-bond donors (Lipinski definition) is 2. The number of ether oxygens (including phenoxy) is 1. The van der Waals surface area contributed by atoms with Crippen LogP contribution in [-0.4, -0.2) is 38.8 Å². The predicted molar refractivity (Wildman–Crippen MR) is 136 cm³/mol. The molecule has 5 aromatic rings. The Labute approximate surface area is 199 Å². The third-order valence-corrected chi connectivity index (χ3v) is 6.34. The van der Waals surface area contributed by atoms with E-state index >= 15 is 0 Å². The van der Waals surface area contributed by atoms with Crippen LogP contribution < -0.4 is 21.4 Å². The molecule has 3 heterocycles. The van der Waals surface area contributed by atoms with E-state index in [1.807, 2.05) is 53.4 Å². The van der Waals surface area contributed by atoms with Crippen molar-refractivity contribution in [2.75, 3.05) is 43.1 Å². The first-order chi connectivity index (χ1) is 17.1. The second kappa shape index (κ2) is 8.57. The number of carbonyl (C=O) groups excluding carboxylic acids is 1. The van der Waals surface area contributed by atoms with E-state index < -0.39 is 0 Å². The summed E-state index contributed by atoms with van der Waals surface area (Å²) in [7, 11) is 0. The Morgan fingerprint density at radius 1 is 0.914 bits per heavy atom. The lowest BCUT2D eigenvalue weighted by Crippen LogP contribution is -2.36. The highest BCUT2D eigenvalue weighted by Crippen LogP contribution is 2.42. The zero-order valence-corrected chi connectivity index (χ0v) is 18.9. The molecule has 1 aliphatic rings. The van der Waals surface area contributed by atoms with Crippen molar-refractivity contribution in [2.24, 2.45) is 5.73 Å². The number of rotatable bonds is 4. The molecule has 6 rings (SSSR count). The highest BCUT2D eigenvalue weighted by Gasteiger charge is 2.21. The van der Waals surface area contributed by atoms with E-state index in [1.165, 1.54) is 0 Å². The van der Waals surface area contributed by atoms with Crippen molar-refractivity contribution in [3.05, 3.63) is 70.9 Å². The summed E-state index contributed by atoms with van der Waals surface area (Å²) >= 11 is 0. The van der Waals surface area contributed by atoms with Crippen molar-refractivity contribution in [1.29, 1.82) is 0 Å². The largest absolute Gasteiger partial charge is 0.455 e. The minimum Gasteiger partial charge on any atom is -0.455 e. The molecular formula is C27H23N3O5. The number of furan rings is 1. The second-order valence-corrected chi connectivity index (χ2v) is 8.45. The Kier molecular flexibility index (Phi) is 5.24. The third-order valence-electron chi connectivity index (χ3n) is 6.34. The number of nitrogens with two attached hydrogens (primary N) is 1. The molecule has 3 N–H and O–H groups in total. The molecule has 0 bridgehead atoms. The number of carbonyl (C=O) groups is 1. The van der Waals surface area contributed by atoms with Gasteiger partial charge in [-0.3, -0.25) is 9.59 Å². The van der Waals surface area contributed by atoms with Crippen molar-refractivity contribution >= 4 is 50.4 Å². The van der Waals surface area contributed by atoms with E-state index in [1.54, 1.807) is 12.1 Å². The number of amides is 1. The van der Waals surface area contributed by atoms with Crippen LogP contribution in [0.1, 0.15) is 0 Å². The number of benzene rings is 3. The maximum absolute atomic E-state index is 13.0. The Morgan fingerprint density at radius 2 is 1.69 bits per heavy atom. The highest BCUT2D eigenvalue weighted by atomic mass is 16.5. The van der Waals surface area contributed by atoms with Gasteiger partial charge >= 0.3 is 0 Å². The number of nitrogens with one attached hydrogen (secondary N) is 1. The minimum absolute atomic E-state index is 0.109. The van der Waals surface area contributed by atoms with Gasteiger partial charge in [0.15, 0.2) is 11.3 Å². The van der Waals surface area contributed by atoms with E-state index in [0.717, 1.165) is 21.9 Å². The normalized spacial score (nSPS) is 14.1. The molecule has 1 saturated heterocycles. The van der Waals surface area contributed by atoms with Gasteiger partial charge in [-0.2, -0.15) is 0 Å². The molecule has 0 saturated carbocycles. The maximum atomic E-state index is 13.0. The zero-order chi connectivity index (χ0) is 23.9. The fourth-order valence-corrected chi connectivity index (χ4v) is 4.66.